The molecule has 0 radical (unpaired) electrons. The van der Waals surface area contributed by atoms with Crippen LogP contribution in [0.1, 0.15) is 0 Å². The van der Waals surface area contributed by atoms with E-state index in [1.165, 1.54) is 0 Å². The average molecular weight is 382 g/mol. The van der Waals surface area contributed by atoms with E-state index in [-0.39, 0.29) is 0 Å². The Morgan fingerprint density at radius 1 is 1.15 bits per heavy atom. The van der Waals surface area contributed by atoms with Gasteiger partial charge in [-0.2, -0.15) is 0 Å². The zero-order valence-electron chi connectivity index (χ0n) is 15.0. The van der Waals surface area contributed by atoms with Crippen LogP contribution in [-0.2, 0) is 4.74 Å². The van der Waals surface area contributed by atoms with Crippen molar-refractivity contribution in [1.82, 2.24) is 14.9 Å². The number of hydrogen-bond acceptors (Lipinski definition) is 7. The molecule has 3 aromatic rings. The zero-order valence-corrected chi connectivity index (χ0v) is 15.8. The van der Waals surface area contributed by atoms with E-state index < -0.39 is 0 Å². The summed E-state index contributed by atoms with van der Waals surface area (Å²) in [5.41, 5.74) is 1.82. The Morgan fingerprint density at radius 3 is 2.93 bits per heavy atom. The van der Waals surface area contributed by atoms with E-state index in [0.29, 0.717) is 12.6 Å². The first-order chi connectivity index (χ1) is 13.4. The highest BCUT2D eigenvalue weighted by Crippen LogP contribution is 2.24. The van der Waals surface area contributed by atoms with Crippen molar-refractivity contribution in [2.24, 2.45) is 0 Å². The van der Waals surface area contributed by atoms with Crippen LogP contribution in [0.5, 0.6) is 5.75 Å². The number of nitrogens with one attached hydrogen (secondary N) is 1. The Kier molecular flexibility index (Phi) is 5.93. The van der Waals surface area contributed by atoms with Crippen molar-refractivity contribution in [3.05, 3.63) is 54.0 Å². The SMILES string of the molecule is c1cc(Nc2nccc(-c3cccs3)n2)cc(OCCN2CCOCC2)c1. The molecular weight excluding hydrogens is 360 g/mol. The molecule has 1 saturated heterocycles. The normalized spacial score (nSPS) is 14.8. The van der Waals surface area contributed by atoms with Crippen LogP contribution < -0.4 is 10.1 Å². The molecule has 0 aliphatic carbocycles. The van der Waals surface area contributed by atoms with E-state index in [0.717, 1.165) is 54.9 Å². The fourth-order valence-electron chi connectivity index (χ4n) is 2.89. The first kappa shape index (κ1) is 17.9. The molecule has 0 atom stereocenters. The Morgan fingerprint density at radius 2 is 2.07 bits per heavy atom. The third-order valence-electron chi connectivity index (χ3n) is 4.30. The Hall–Kier alpha value is -2.48. The Balaban J connectivity index is 1.35. The van der Waals surface area contributed by atoms with Crippen molar-refractivity contribution in [3.63, 3.8) is 0 Å². The predicted molar refractivity (Wildman–Crippen MR) is 108 cm³/mol. The summed E-state index contributed by atoms with van der Waals surface area (Å²) in [6.45, 7) is 5.14. The van der Waals surface area contributed by atoms with E-state index in [9.17, 15) is 0 Å². The monoisotopic (exact) mass is 382 g/mol. The Labute approximate surface area is 162 Å². The molecule has 0 amide bonds. The van der Waals surface area contributed by atoms with Crippen molar-refractivity contribution < 1.29 is 9.47 Å². The molecule has 0 saturated carbocycles. The summed E-state index contributed by atoms with van der Waals surface area (Å²) in [4.78, 5) is 12.4. The topological polar surface area (TPSA) is 59.5 Å². The van der Waals surface area contributed by atoms with Crippen molar-refractivity contribution in [1.29, 1.82) is 0 Å². The number of benzene rings is 1. The van der Waals surface area contributed by atoms with Gasteiger partial charge < -0.3 is 14.8 Å². The molecule has 7 heteroatoms. The summed E-state index contributed by atoms with van der Waals surface area (Å²) in [5.74, 6) is 1.41. The molecular formula is C20H22N4O2S. The van der Waals surface area contributed by atoms with Crippen molar-refractivity contribution >= 4 is 23.0 Å². The lowest BCUT2D eigenvalue weighted by molar-refractivity contribution is 0.0322. The maximum absolute atomic E-state index is 5.91. The molecule has 1 fully saturated rings. The number of hydrogen-bond donors (Lipinski definition) is 1. The zero-order chi connectivity index (χ0) is 18.3. The molecule has 4 rings (SSSR count). The molecule has 0 bridgehead atoms. The first-order valence-corrected chi connectivity index (χ1v) is 9.92. The maximum Gasteiger partial charge on any atom is 0.227 e. The van der Waals surface area contributed by atoms with Gasteiger partial charge in [-0.25, -0.2) is 9.97 Å². The largest absolute Gasteiger partial charge is 0.492 e. The number of aromatic nitrogens is 2. The second-order valence-electron chi connectivity index (χ2n) is 6.20. The third kappa shape index (κ3) is 5.03. The Bertz CT molecular complexity index is 851. The van der Waals surface area contributed by atoms with E-state index in [2.05, 4.69) is 26.3 Å². The molecule has 3 heterocycles. The van der Waals surface area contributed by atoms with Crippen LogP contribution in [0.2, 0.25) is 0 Å². The van der Waals surface area contributed by atoms with Crippen LogP contribution in [0.4, 0.5) is 11.6 Å². The smallest absolute Gasteiger partial charge is 0.227 e. The predicted octanol–water partition coefficient (Wildman–Crippen LogP) is 3.66. The van der Waals surface area contributed by atoms with E-state index in [1.54, 1.807) is 17.5 Å². The van der Waals surface area contributed by atoms with Gasteiger partial charge in [0.1, 0.15) is 12.4 Å². The summed E-state index contributed by atoms with van der Waals surface area (Å²) in [7, 11) is 0. The maximum atomic E-state index is 5.91. The second kappa shape index (κ2) is 8.94. The van der Waals surface area contributed by atoms with Gasteiger partial charge in [0.05, 0.1) is 23.8 Å². The molecule has 1 aromatic carbocycles. The molecule has 1 N–H and O–H groups in total. The number of ether oxygens (including phenoxy) is 2. The molecule has 0 spiro atoms. The molecule has 140 valence electrons. The van der Waals surface area contributed by atoms with Crippen LogP contribution in [-0.4, -0.2) is 54.3 Å². The van der Waals surface area contributed by atoms with Crippen molar-refractivity contribution in [2.45, 2.75) is 0 Å². The third-order valence-corrected chi connectivity index (χ3v) is 5.19. The highest BCUT2D eigenvalue weighted by Gasteiger charge is 2.10. The van der Waals surface area contributed by atoms with Crippen LogP contribution in [0.15, 0.2) is 54.0 Å². The van der Waals surface area contributed by atoms with Crippen LogP contribution >= 0.6 is 11.3 Å². The van der Waals surface area contributed by atoms with E-state index in [4.69, 9.17) is 9.47 Å². The summed E-state index contributed by atoms with van der Waals surface area (Å²) >= 11 is 1.66. The minimum Gasteiger partial charge on any atom is -0.492 e. The number of thiophene rings is 1. The lowest BCUT2D eigenvalue weighted by Crippen LogP contribution is -2.38. The highest BCUT2D eigenvalue weighted by molar-refractivity contribution is 7.13. The van der Waals surface area contributed by atoms with E-state index >= 15 is 0 Å². The quantitative estimate of drug-likeness (QED) is 0.673. The van der Waals surface area contributed by atoms with Crippen molar-refractivity contribution in [2.75, 3.05) is 44.8 Å². The molecule has 2 aromatic heterocycles. The summed E-state index contributed by atoms with van der Waals surface area (Å²) < 4.78 is 11.3. The van der Waals surface area contributed by atoms with Crippen LogP contribution in [0.3, 0.4) is 0 Å². The van der Waals surface area contributed by atoms with Gasteiger partial charge in [-0.05, 0) is 29.6 Å². The summed E-state index contributed by atoms with van der Waals surface area (Å²) in [5, 5.41) is 5.31. The lowest BCUT2D eigenvalue weighted by Gasteiger charge is -2.26. The number of nitrogens with zero attached hydrogens (tertiary/aromatic N) is 3. The minimum atomic E-state index is 0.575. The molecule has 1 aliphatic heterocycles. The van der Waals surface area contributed by atoms with Gasteiger partial charge in [0.15, 0.2) is 0 Å². The molecule has 1 aliphatic rings. The van der Waals surface area contributed by atoms with Gasteiger partial charge in [0.25, 0.3) is 0 Å². The number of anilines is 2. The van der Waals surface area contributed by atoms with Gasteiger partial charge in [0.2, 0.25) is 5.95 Å². The minimum absolute atomic E-state index is 0.575. The van der Waals surface area contributed by atoms with Gasteiger partial charge in [-0.3, -0.25) is 4.90 Å². The highest BCUT2D eigenvalue weighted by atomic mass is 32.1. The molecule has 0 unspecified atom stereocenters. The second-order valence-corrected chi connectivity index (χ2v) is 7.15. The van der Waals surface area contributed by atoms with Gasteiger partial charge in [0, 0.05) is 37.6 Å². The van der Waals surface area contributed by atoms with E-state index in [1.807, 2.05) is 41.8 Å². The number of rotatable bonds is 7. The standard InChI is InChI=1S/C20H22N4O2S/c1-3-16(15-17(4-1)26-13-10-24-8-11-25-12-9-24)22-20-21-7-6-18(23-20)19-5-2-14-27-19/h1-7,14-15H,8-13H2,(H,21,22,23). The summed E-state index contributed by atoms with van der Waals surface area (Å²) in [6, 6.07) is 13.9. The van der Waals surface area contributed by atoms with Gasteiger partial charge in [-0.1, -0.05) is 12.1 Å². The number of morpholine rings is 1. The fourth-order valence-corrected chi connectivity index (χ4v) is 3.59. The molecule has 6 nitrogen and oxygen atoms in total. The molecule has 27 heavy (non-hydrogen) atoms. The van der Waals surface area contributed by atoms with Crippen LogP contribution in [0, 0.1) is 0 Å². The lowest BCUT2D eigenvalue weighted by atomic mass is 10.3. The summed E-state index contributed by atoms with van der Waals surface area (Å²) in [6.07, 6.45) is 1.77. The van der Waals surface area contributed by atoms with Crippen LogP contribution in [0.25, 0.3) is 10.6 Å². The van der Waals surface area contributed by atoms with Gasteiger partial charge in [-0.15, -0.1) is 11.3 Å². The fraction of sp³-hybridized carbons (Fsp3) is 0.300. The average Bonchev–Trinajstić information content (AvgIpc) is 3.24. The van der Waals surface area contributed by atoms with Crippen molar-refractivity contribution in [3.8, 4) is 16.3 Å². The van der Waals surface area contributed by atoms with Gasteiger partial charge >= 0.3 is 0 Å². The first-order valence-electron chi connectivity index (χ1n) is 9.04.